The van der Waals surface area contributed by atoms with E-state index >= 15 is 0 Å². The lowest BCUT2D eigenvalue weighted by molar-refractivity contribution is -0.0521. The van der Waals surface area contributed by atoms with Gasteiger partial charge in [0.15, 0.2) is 11.6 Å². The Bertz CT molecular complexity index is 1060. The Hall–Kier alpha value is -2.81. The fourth-order valence-electron chi connectivity index (χ4n) is 5.29. The number of hydrogen-bond acceptors (Lipinski definition) is 1. The van der Waals surface area contributed by atoms with Gasteiger partial charge in [-0.1, -0.05) is 17.9 Å². The molecule has 2 aromatic carbocycles. The molecule has 0 bridgehead atoms. The predicted molar refractivity (Wildman–Crippen MR) is 116 cm³/mol. The van der Waals surface area contributed by atoms with E-state index in [1.165, 1.54) is 18.2 Å². The van der Waals surface area contributed by atoms with Gasteiger partial charge in [-0.3, -0.25) is 0 Å². The summed E-state index contributed by atoms with van der Waals surface area (Å²) in [6.45, 7) is 0.762. The van der Waals surface area contributed by atoms with Crippen LogP contribution in [0.2, 0.25) is 0 Å². The van der Waals surface area contributed by atoms with Gasteiger partial charge in [-0.05, 0) is 98.1 Å². The third-order valence-corrected chi connectivity index (χ3v) is 7.00. The molecule has 1 nitrogen and oxygen atoms in total. The van der Waals surface area contributed by atoms with Gasteiger partial charge in [0.2, 0.25) is 0 Å². The second kappa shape index (κ2) is 9.99. The van der Waals surface area contributed by atoms with Crippen LogP contribution in [0.4, 0.5) is 22.0 Å². The maximum atomic E-state index is 14.8. The van der Waals surface area contributed by atoms with E-state index < -0.39 is 35.4 Å². The van der Waals surface area contributed by atoms with Crippen LogP contribution in [0, 0.1) is 47.0 Å². The highest BCUT2D eigenvalue weighted by Gasteiger charge is 2.35. The molecule has 2 aromatic rings. The van der Waals surface area contributed by atoms with Crippen molar-refractivity contribution in [1.82, 2.24) is 0 Å². The Kier molecular flexibility index (Phi) is 7.07. The highest BCUT2D eigenvalue weighted by atomic mass is 19.3. The number of ether oxygens (including phenoxy) is 1. The Morgan fingerprint density at radius 1 is 0.879 bits per heavy atom. The van der Waals surface area contributed by atoms with Gasteiger partial charge in [0.05, 0.1) is 5.56 Å². The third-order valence-electron chi connectivity index (χ3n) is 7.00. The minimum absolute atomic E-state index is 0.0884. The van der Waals surface area contributed by atoms with E-state index in [9.17, 15) is 22.0 Å². The smallest absolute Gasteiger partial charge is 0.387 e. The van der Waals surface area contributed by atoms with E-state index in [1.54, 1.807) is 0 Å². The van der Waals surface area contributed by atoms with Gasteiger partial charge in [0.25, 0.3) is 0 Å². The summed E-state index contributed by atoms with van der Waals surface area (Å²) >= 11 is 0. The summed E-state index contributed by atoms with van der Waals surface area (Å²) in [7, 11) is 0. The fraction of sp³-hybridized carbons (Fsp3) is 0.407. The van der Waals surface area contributed by atoms with Crippen LogP contribution in [0.5, 0.6) is 5.75 Å². The molecule has 33 heavy (non-hydrogen) atoms. The number of benzene rings is 2. The number of alkyl halides is 2. The van der Waals surface area contributed by atoms with Crippen molar-refractivity contribution in [2.24, 2.45) is 17.8 Å². The zero-order valence-electron chi connectivity index (χ0n) is 18.1. The summed E-state index contributed by atoms with van der Waals surface area (Å²) in [6.07, 6.45) is 8.36. The SMILES string of the molecule is C=CC1CCC2CC(c3cc(F)c(C#Cc4ccc(OC(F)F)c(F)c4)c(F)c3)CCC2C1. The van der Waals surface area contributed by atoms with E-state index in [-0.39, 0.29) is 11.5 Å². The summed E-state index contributed by atoms with van der Waals surface area (Å²) in [5.41, 5.74) is 0.345. The van der Waals surface area contributed by atoms with Gasteiger partial charge in [-0.2, -0.15) is 8.78 Å². The molecule has 0 aromatic heterocycles. The van der Waals surface area contributed by atoms with Crippen LogP contribution < -0.4 is 4.74 Å². The first-order valence-electron chi connectivity index (χ1n) is 11.2. The lowest BCUT2D eigenvalue weighted by Gasteiger charge is -2.41. The standard InChI is InChI=1S/C27H25F5O/c1-2-16-3-6-19-13-20(8-7-18(19)11-16)21-14-23(28)22(24(29)15-21)9-4-17-5-10-26(25(30)12-17)33-27(31)32/h2,5,10,12,14-16,18-20,27H,1,3,6-8,11,13H2. The van der Waals surface area contributed by atoms with Gasteiger partial charge >= 0.3 is 6.61 Å². The van der Waals surface area contributed by atoms with Crippen LogP contribution in [0.3, 0.4) is 0 Å². The normalized spacial score (nSPS) is 24.5. The molecule has 4 atom stereocenters. The number of allylic oxidation sites excluding steroid dienone is 1. The summed E-state index contributed by atoms with van der Waals surface area (Å²) in [5, 5.41) is 0. The predicted octanol–water partition coefficient (Wildman–Crippen LogP) is 7.59. The van der Waals surface area contributed by atoms with Crippen molar-refractivity contribution in [3.05, 3.63) is 77.1 Å². The van der Waals surface area contributed by atoms with E-state index in [1.807, 2.05) is 6.08 Å². The van der Waals surface area contributed by atoms with Crippen molar-refractivity contribution in [3.63, 3.8) is 0 Å². The Balaban J connectivity index is 1.49. The quantitative estimate of drug-likeness (QED) is 0.259. The van der Waals surface area contributed by atoms with Crippen molar-refractivity contribution in [2.45, 2.75) is 51.1 Å². The summed E-state index contributed by atoms with van der Waals surface area (Å²) in [6, 6.07) is 5.84. The van der Waals surface area contributed by atoms with Gasteiger partial charge < -0.3 is 4.74 Å². The number of hydrogen-bond donors (Lipinski definition) is 0. The molecule has 2 saturated carbocycles. The highest BCUT2D eigenvalue weighted by molar-refractivity contribution is 5.47. The summed E-state index contributed by atoms with van der Waals surface area (Å²) < 4.78 is 71.8. The van der Waals surface area contributed by atoms with Crippen molar-refractivity contribution in [3.8, 4) is 17.6 Å². The molecule has 2 aliphatic rings. The highest BCUT2D eigenvalue weighted by Crippen LogP contribution is 2.48. The molecule has 0 aliphatic heterocycles. The second-order valence-corrected chi connectivity index (χ2v) is 8.97. The largest absolute Gasteiger partial charge is 0.432 e. The molecule has 4 unspecified atom stereocenters. The van der Waals surface area contributed by atoms with E-state index in [0.29, 0.717) is 23.3 Å². The molecule has 0 heterocycles. The number of rotatable bonds is 4. The molecule has 174 valence electrons. The molecular weight excluding hydrogens is 435 g/mol. The minimum Gasteiger partial charge on any atom is -0.432 e. The van der Waals surface area contributed by atoms with E-state index in [2.05, 4.69) is 23.2 Å². The molecule has 2 fully saturated rings. The molecule has 6 heteroatoms. The molecule has 0 radical (unpaired) electrons. The molecule has 0 spiro atoms. The molecular formula is C27H25F5O. The number of halogens is 5. The summed E-state index contributed by atoms with van der Waals surface area (Å²) in [5.74, 6) is 3.67. The average molecular weight is 460 g/mol. The van der Waals surface area contributed by atoms with Gasteiger partial charge in [0, 0.05) is 5.56 Å². The van der Waals surface area contributed by atoms with Gasteiger partial charge in [-0.15, -0.1) is 6.58 Å². The topological polar surface area (TPSA) is 9.23 Å². The third kappa shape index (κ3) is 5.40. The maximum Gasteiger partial charge on any atom is 0.387 e. The lowest BCUT2D eigenvalue weighted by atomic mass is 9.64. The first-order valence-corrected chi connectivity index (χ1v) is 11.2. The van der Waals surface area contributed by atoms with Gasteiger partial charge in [0.1, 0.15) is 11.6 Å². The zero-order valence-corrected chi connectivity index (χ0v) is 18.1. The van der Waals surface area contributed by atoms with Crippen LogP contribution in [0.1, 0.15) is 61.1 Å². The fourth-order valence-corrected chi connectivity index (χ4v) is 5.29. The second-order valence-electron chi connectivity index (χ2n) is 8.97. The Morgan fingerprint density at radius 2 is 1.58 bits per heavy atom. The van der Waals surface area contributed by atoms with Crippen LogP contribution in [0.15, 0.2) is 43.0 Å². The monoisotopic (exact) mass is 460 g/mol. The van der Waals surface area contributed by atoms with Crippen molar-refractivity contribution in [1.29, 1.82) is 0 Å². The van der Waals surface area contributed by atoms with Crippen LogP contribution in [-0.2, 0) is 0 Å². The van der Waals surface area contributed by atoms with Crippen molar-refractivity contribution >= 4 is 0 Å². The minimum atomic E-state index is -3.16. The lowest BCUT2D eigenvalue weighted by Crippen LogP contribution is -2.30. The first kappa shape index (κ1) is 23.4. The van der Waals surface area contributed by atoms with Crippen LogP contribution in [0.25, 0.3) is 0 Å². The molecule has 0 amide bonds. The Morgan fingerprint density at radius 3 is 2.24 bits per heavy atom. The molecule has 4 rings (SSSR count). The first-order chi connectivity index (χ1) is 15.8. The maximum absolute atomic E-state index is 14.8. The zero-order chi connectivity index (χ0) is 23.5. The summed E-state index contributed by atoms with van der Waals surface area (Å²) in [4.78, 5) is 0. The van der Waals surface area contributed by atoms with Crippen LogP contribution in [-0.4, -0.2) is 6.61 Å². The Labute approximate surface area is 190 Å². The van der Waals surface area contributed by atoms with Crippen molar-refractivity contribution in [2.75, 3.05) is 0 Å². The number of fused-ring (bicyclic) bond motifs is 1. The van der Waals surface area contributed by atoms with Gasteiger partial charge in [-0.25, -0.2) is 13.2 Å². The van der Waals surface area contributed by atoms with E-state index in [0.717, 1.165) is 50.7 Å². The molecule has 0 N–H and O–H groups in total. The van der Waals surface area contributed by atoms with Crippen LogP contribution >= 0.6 is 0 Å². The van der Waals surface area contributed by atoms with Crippen molar-refractivity contribution < 1.29 is 26.7 Å². The molecule has 2 aliphatic carbocycles. The average Bonchev–Trinajstić information content (AvgIpc) is 2.79. The molecule has 0 saturated heterocycles. The van der Waals surface area contributed by atoms with E-state index in [4.69, 9.17) is 0 Å².